The zero-order valence-corrected chi connectivity index (χ0v) is 9.77. The van der Waals surface area contributed by atoms with Crippen LogP contribution in [0.25, 0.3) is 0 Å². The van der Waals surface area contributed by atoms with Crippen LogP contribution in [-0.4, -0.2) is 13.6 Å². The Labute approximate surface area is 92.3 Å². The van der Waals surface area contributed by atoms with Crippen molar-refractivity contribution in [3.05, 3.63) is 35.9 Å². The lowest BCUT2D eigenvalue weighted by Crippen LogP contribution is -1.91. The highest BCUT2D eigenvalue weighted by Crippen LogP contribution is 2.07. The Morgan fingerprint density at radius 3 is 2.20 bits per heavy atom. The maximum absolute atomic E-state index is 8.95. The molecule has 0 radical (unpaired) electrons. The summed E-state index contributed by atoms with van der Waals surface area (Å²) in [5.41, 5.74) is 1.46. The summed E-state index contributed by atoms with van der Waals surface area (Å²) >= 11 is 0. The van der Waals surface area contributed by atoms with E-state index in [-0.39, 0.29) is 0 Å². The smallest absolute Gasteiger partial charge is 0.292 e. The lowest BCUT2D eigenvalue weighted by Gasteiger charge is -2.03. The molecule has 0 heterocycles. The molecule has 0 fully saturated rings. The van der Waals surface area contributed by atoms with Gasteiger partial charge in [-0.15, -0.1) is 0 Å². The van der Waals surface area contributed by atoms with Gasteiger partial charge >= 0.3 is 0 Å². The van der Waals surface area contributed by atoms with Crippen LogP contribution in [0.4, 0.5) is 0 Å². The Bertz CT molecular complexity index is 242. The molecular weight excluding hydrogens is 188 g/mol. The van der Waals surface area contributed by atoms with Gasteiger partial charge in [-0.05, 0) is 24.3 Å². The van der Waals surface area contributed by atoms with E-state index in [1.807, 2.05) is 0 Å². The molecule has 1 rings (SSSR count). The molecule has 0 spiro atoms. The van der Waals surface area contributed by atoms with Gasteiger partial charge in [0.25, 0.3) is 6.47 Å². The van der Waals surface area contributed by atoms with Crippen LogP contribution in [0.15, 0.2) is 30.3 Å². The van der Waals surface area contributed by atoms with E-state index in [1.165, 1.54) is 25.5 Å². The molecule has 0 aliphatic rings. The summed E-state index contributed by atoms with van der Waals surface area (Å²) in [7, 11) is 1.31. The van der Waals surface area contributed by atoms with Gasteiger partial charge in [0.15, 0.2) is 0 Å². The molecule has 0 aliphatic heterocycles. The molecule has 0 bridgehead atoms. The van der Waals surface area contributed by atoms with Crippen molar-refractivity contribution in [1.29, 1.82) is 0 Å². The fraction of sp³-hybridized carbons (Fsp3) is 0.462. The second kappa shape index (κ2) is 9.25. The average Bonchev–Trinajstić information content (AvgIpc) is 2.28. The molecule has 0 saturated heterocycles. The summed E-state index contributed by atoms with van der Waals surface area (Å²) in [4.78, 5) is 8.95. The number of carbonyl (C=O) groups is 1. The first-order valence-corrected chi connectivity index (χ1v) is 5.21. The molecule has 0 saturated carbocycles. The topological polar surface area (TPSA) is 26.3 Å². The second-order valence-corrected chi connectivity index (χ2v) is 3.75. The molecule has 0 atom stereocenters. The number of carbonyl (C=O) groups excluding carboxylic acids is 1. The lowest BCUT2D eigenvalue weighted by molar-refractivity contribution is -0.126. The first-order valence-electron chi connectivity index (χ1n) is 5.21. The number of methoxy groups -OCH3 is 1. The minimum Gasteiger partial charge on any atom is -0.471 e. The van der Waals surface area contributed by atoms with Crippen LogP contribution in [-0.2, 0) is 16.0 Å². The van der Waals surface area contributed by atoms with Crippen LogP contribution in [0.1, 0.15) is 25.8 Å². The van der Waals surface area contributed by atoms with Gasteiger partial charge in [0.1, 0.15) is 0 Å². The maximum Gasteiger partial charge on any atom is 0.292 e. The molecule has 0 aliphatic carbocycles. The van der Waals surface area contributed by atoms with E-state index < -0.39 is 0 Å². The number of benzene rings is 1. The van der Waals surface area contributed by atoms with Crippen molar-refractivity contribution < 1.29 is 9.53 Å². The van der Waals surface area contributed by atoms with Gasteiger partial charge in [-0.25, -0.2) is 0 Å². The van der Waals surface area contributed by atoms with E-state index in [4.69, 9.17) is 4.79 Å². The normalized spacial score (nSPS) is 9.07. The Hall–Kier alpha value is -1.31. The van der Waals surface area contributed by atoms with Crippen molar-refractivity contribution in [1.82, 2.24) is 0 Å². The van der Waals surface area contributed by atoms with Crippen LogP contribution in [0.5, 0.6) is 0 Å². The summed E-state index contributed by atoms with van der Waals surface area (Å²) in [6.45, 7) is 4.91. The Morgan fingerprint density at radius 2 is 1.80 bits per heavy atom. The molecule has 0 unspecified atom stereocenters. The quantitative estimate of drug-likeness (QED) is 0.711. The molecule has 0 N–H and O–H groups in total. The third-order valence-electron chi connectivity index (χ3n) is 1.95. The highest BCUT2D eigenvalue weighted by atomic mass is 16.5. The highest BCUT2D eigenvalue weighted by Gasteiger charge is 1.94. The zero-order chi connectivity index (χ0) is 11.5. The van der Waals surface area contributed by atoms with Gasteiger partial charge in [-0.3, -0.25) is 4.79 Å². The average molecular weight is 208 g/mol. The van der Waals surface area contributed by atoms with Crippen molar-refractivity contribution in [3.8, 4) is 0 Å². The molecule has 84 valence electrons. The van der Waals surface area contributed by atoms with E-state index in [0.29, 0.717) is 6.47 Å². The van der Waals surface area contributed by atoms with Gasteiger partial charge in [0.05, 0.1) is 7.11 Å². The first kappa shape index (κ1) is 13.7. The van der Waals surface area contributed by atoms with E-state index in [0.717, 1.165) is 5.92 Å². The molecule has 2 heteroatoms. The van der Waals surface area contributed by atoms with Crippen molar-refractivity contribution in [3.63, 3.8) is 0 Å². The Morgan fingerprint density at radius 1 is 1.27 bits per heavy atom. The predicted molar refractivity (Wildman–Crippen MR) is 62.7 cm³/mol. The zero-order valence-electron chi connectivity index (χ0n) is 9.77. The third kappa shape index (κ3) is 9.01. The van der Waals surface area contributed by atoms with Gasteiger partial charge in [-0.1, -0.05) is 44.2 Å². The monoisotopic (exact) mass is 208 g/mol. The minimum atomic E-state index is 0.375. The van der Waals surface area contributed by atoms with Gasteiger partial charge in [-0.2, -0.15) is 0 Å². The fourth-order valence-electron chi connectivity index (χ4n) is 1.10. The molecule has 15 heavy (non-hydrogen) atoms. The standard InChI is InChI=1S/C11H16.C2H4O2/c1-10(2)8-9-11-6-4-3-5-7-11;1-4-2-3/h3-7,10H,8-9H2,1-2H3;2H,1H3. The van der Waals surface area contributed by atoms with E-state index in [9.17, 15) is 0 Å². The number of rotatable bonds is 4. The molecule has 0 amide bonds. The summed E-state index contributed by atoms with van der Waals surface area (Å²) in [5.74, 6) is 0.815. The molecule has 2 nitrogen and oxygen atoms in total. The molecule has 1 aromatic carbocycles. The molecule has 0 aromatic heterocycles. The summed E-state index contributed by atoms with van der Waals surface area (Å²) < 4.78 is 3.86. The number of hydrogen-bond acceptors (Lipinski definition) is 2. The number of aryl methyl sites for hydroxylation is 1. The summed E-state index contributed by atoms with van der Waals surface area (Å²) in [5, 5.41) is 0. The van der Waals surface area contributed by atoms with Crippen molar-refractivity contribution in [2.45, 2.75) is 26.7 Å². The maximum atomic E-state index is 8.95. The number of hydrogen-bond donors (Lipinski definition) is 0. The number of ether oxygens (including phenoxy) is 1. The summed E-state index contributed by atoms with van der Waals surface area (Å²) in [6, 6.07) is 10.7. The van der Waals surface area contributed by atoms with Crippen LogP contribution in [0.3, 0.4) is 0 Å². The van der Waals surface area contributed by atoms with Crippen molar-refractivity contribution in [2.75, 3.05) is 7.11 Å². The SMILES string of the molecule is CC(C)CCc1ccccc1.COC=O. The van der Waals surface area contributed by atoms with Crippen LogP contribution in [0.2, 0.25) is 0 Å². The summed E-state index contributed by atoms with van der Waals surface area (Å²) in [6.07, 6.45) is 2.52. The largest absolute Gasteiger partial charge is 0.471 e. The third-order valence-corrected chi connectivity index (χ3v) is 1.95. The predicted octanol–water partition coefficient (Wildman–Crippen LogP) is 3.06. The van der Waals surface area contributed by atoms with Crippen LogP contribution >= 0.6 is 0 Å². The minimum absolute atomic E-state index is 0.375. The Balaban J connectivity index is 0.000000423. The van der Waals surface area contributed by atoms with Gasteiger partial charge in [0, 0.05) is 0 Å². The lowest BCUT2D eigenvalue weighted by atomic mass is 10.0. The fourth-order valence-corrected chi connectivity index (χ4v) is 1.10. The van der Waals surface area contributed by atoms with Crippen LogP contribution in [0, 0.1) is 5.92 Å². The van der Waals surface area contributed by atoms with E-state index >= 15 is 0 Å². The van der Waals surface area contributed by atoms with E-state index in [2.05, 4.69) is 48.9 Å². The first-order chi connectivity index (χ1) is 7.20. The van der Waals surface area contributed by atoms with Gasteiger partial charge in [0.2, 0.25) is 0 Å². The van der Waals surface area contributed by atoms with Gasteiger partial charge < -0.3 is 4.74 Å². The highest BCUT2D eigenvalue weighted by molar-refractivity contribution is 5.36. The molecular formula is C13H20O2. The van der Waals surface area contributed by atoms with E-state index in [1.54, 1.807) is 0 Å². The Kier molecular flexibility index (Phi) is 8.44. The van der Waals surface area contributed by atoms with Crippen molar-refractivity contribution in [2.24, 2.45) is 5.92 Å². The van der Waals surface area contributed by atoms with Crippen LogP contribution < -0.4 is 0 Å². The van der Waals surface area contributed by atoms with Crippen molar-refractivity contribution >= 4 is 6.47 Å². The second-order valence-electron chi connectivity index (χ2n) is 3.75. The molecule has 1 aromatic rings.